The van der Waals surface area contributed by atoms with Gasteiger partial charge in [0.1, 0.15) is 19.0 Å². The van der Waals surface area contributed by atoms with E-state index in [0.717, 1.165) is 50.0 Å². The third-order valence-corrected chi connectivity index (χ3v) is 8.10. The van der Waals surface area contributed by atoms with Crippen molar-refractivity contribution in [3.05, 3.63) is 102 Å². The fourth-order valence-electron chi connectivity index (χ4n) is 5.75. The summed E-state index contributed by atoms with van der Waals surface area (Å²) in [6.07, 6.45) is 5.20. The predicted molar refractivity (Wildman–Crippen MR) is 149 cm³/mol. The first-order valence-electron chi connectivity index (χ1n) is 14.0. The molecule has 1 saturated heterocycles. The van der Waals surface area contributed by atoms with Gasteiger partial charge >= 0.3 is 6.09 Å². The first kappa shape index (κ1) is 26.3. The molecule has 38 heavy (non-hydrogen) atoms. The summed E-state index contributed by atoms with van der Waals surface area (Å²) in [7, 11) is 0. The van der Waals surface area contributed by atoms with E-state index < -0.39 is 0 Å². The molecule has 2 fully saturated rings. The summed E-state index contributed by atoms with van der Waals surface area (Å²) in [6, 6.07) is 28.7. The predicted octanol–water partition coefficient (Wildman–Crippen LogP) is 7.36. The van der Waals surface area contributed by atoms with Crippen LogP contribution < -0.4 is 4.74 Å². The molecule has 3 aromatic carbocycles. The molecule has 1 aliphatic carbocycles. The molecule has 2 atom stereocenters. The van der Waals surface area contributed by atoms with Crippen LogP contribution in [0.1, 0.15) is 61.6 Å². The maximum atomic E-state index is 12.8. The quantitative estimate of drug-likeness (QED) is 0.300. The van der Waals surface area contributed by atoms with Crippen molar-refractivity contribution < 1.29 is 19.0 Å². The number of hydrogen-bond acceptors (Lipinski definition) is 4. The molecule has 5 nitrogen and oxygen atoms in total. The molecule has 200 valence electrons. The van der Waals surface area contributed by atoms with E-state index in [2.05, 4.69) is 43.3 Å². The first-order chi connectivity index (χ1) is 18.7. The van der Waals surface area contributed by atoms with Gasteiger partial charge in [0.2, 0.25) is 0 Å². The smallest absolute Gasteiger partial charge is 0.410 e. The number of carbonyl (C=O) groups excluding carboxylic acids is 1. The van der Waals surface area contributed by atoms with Crippen LogP contribution in [0.5, 0.6) is 5.75 Å². The highest BCUT2D eigenvalue weighted by Crippen LogP contribution is 2.39. The van der Waals surface area contributed by atoms with Gasteiger partial charge < -0.3 is 19.1 Å². The molecule has 1 heterocycles. The number of ether oxygens (including phenoxy) is 3. The number of para-hydroxylation sites is 1. The second-order valence-electron chi connectivity index (χ2n) is 10.7. The van der Waals surface area contributed by atoms with Crippen LogP contribution in [0.25, 0.3) is 0 Å². The SMILES string of the molecule is C[C@@H]1CCN(C(=O)OCc2ccccc2)[C@H]1COC1CCC(c2ccccc2OCc2ccccc2)CC1. The van der Waals surface area contributed by atoms with Crippen molar-refractivity contribution in [2.45, 2.75) is 70.3 Å². The van der Waals surface area contributed by atoms with E-state index in [0.29, 0.717) is 31.7 Å². The van der Waals surface area contributed by atoms with Crippen LogP contribution >= 0.6 is 0 Å². The number of carbonyl (C=O) groups is 1. The Bertz CT molecular complexity index is 1140. The maximum absolute atomic E-state index is 12.8. The highest BCUT2D eigenvalue weighted by atomic mass is 16.6. The van der Waals surface area contributed by atoms with E-state index in [1.807, 2.05) is 53.4 Å². The zero-order valence-electron chi connectivity index (χ0n) is 22.3. The number of hydrogen-bond donors (Lipinski definition) is 0. The van der Waals surface area contributed by atoms with Crippen LogP contribution in [0.3, 0.4) is 0 Å². The molecule has 0 aromatic heterocycles. The Morgan fingerprint density at radius 2 is 1.42 bits per heavy atom. The van der Waals surface area contributed by atoms with E-state index in [9.17, 15) is 4.79 Å². The lowest BCUT2D eigenvalue weighted by molar-refractivity contribution is -0.0106. The molecule has 0 N–H and O–H groups in total. The molecule has 1 saturated carbocycles. The molecule has 3 aromatic rings. The summed E-state index contributed by atoms with van der Waals surface area (Å²) in [5, 5.41) is 0. The zero-order chi connectivity index (χ0) is 26.2. The van der Waals surface area contributed by atoms with E-state index in [1.54, 1.807) is 0 Å². The summed E-state index contributed by atoms with van der Waals surface area (Å²) in [6.45, 7) is 4.41. The third-order valence-electron chi connectivity index (χ3n) is 8.10. The standard InChI is InChI=1S/C33H39NO4/c1-25-20-21-34(33(35)38-23-27-12-6-3-7-13-27)31(25)24-36-29-18-16-28(17-19-29)30-14-8-9-15-32(30)37-22-26-10-4-2-5-11-26/h2-15,25,28-29,31H,16-24H2,1H3/t25-,28?,29?,31+/m1/s1. The summed E-state index contributed by atoms with van der Waals surface area (Å²) >= 11 is 0. The minimum atomic E-state index is -0.234. The van der Waals surface area contributed by atoms with Crippen molar-refractivity contribution in [3.8, 4) is 5.75 Å². The topological polar surface area (TPSA) is 48.0 Å². The van der Waals surface area contributed by atoms with Crippen molar-refractivity contribution in [1.82, 2.24) is 4.90 Å². The van der Waals surface area contributed by atoms with Crippen molar-refractivity contribution in [3.63, 3.8) is 0 Å². The average molecular weight is 514 g/mol. The average Bonchev–Trinajstić information content (AvgIpc) is 3.35. The number of likely N-dealkylation sites (tertiary alicyclic amines) is 1. The van der Waals surface area contributed by atoms with Gasteiger partial charge in [-0.05, 0) is 66.7 Å². The van der Waals surface area contributed by atoms with E-state index >= 15 is 0 Å². The number of amides is 1. The third kappa shape index (κ3) is 6.76. The van der Waals surface area contributed by atoms with Gasteiger partial charge in [0, 0.05) is 6.54 Å². The number of rotatable bonds is 9. The second-order valence-corrected chi connectivity index (χ2v) is 10.7. The Morgan fingerprint density at radius 1 is 0.789 bits per heavy atom. The molecule has 0 spiro atoms. The van der Waals surface area contributed by atoms with Gasteiger partial charge in [0.25, 0.3) is 0 Å². The molecule has 2 aliphatic rings. The highest BCUT2D eigenvalue weighted by molar-refractivity contribution is 5.68. The van der Waals surface area contributed by atoms with Gasteiger partial charge in [-0.25, -0.2) is 4.79 Å². The molecule has 5 rings (SSSR count). The van der Waals surface area contributed by atoms with Crippen LogP contribution in [0.2, 0.25) is 0 Å². The zero-order valence-corrected chi connectivity index (χ0v) is 22.3. The molecule has 0 unspecified atom stereocenters. The molecular formula is C33H39NO4. The molecule has 5 heteroatoms. The van der Waals surface area contributed by atoms with Crippen LogP contribution in [-0.4, -0.2) is 36.3 Å². The fourth-order valence-corrected chi connectivity index (χ4v) is 5.75. The van der Waals surface area contributed by atoms with Crippen LogP contribution in [0, 0.1) is 5.92 Å². The van der Waals surface area contributed by atoms with Gasteiger partial charge in [-0.1, -0.05) is 85.8 Å². The molecule has 0 radical (unpaired) electrons. The Kier molecular flexibility index (Phi) is 8.98. The van der Waals surface area contributed by atoms with E-state index in [1.165, 1.54) is 11.1 Å². The number of benzene rings is 3. The van der Waals surface area contributed by atoms with Gasteiger partial charge in [-0.2, -0.15) is 0 Å². The van der Waals surface area contributed by atoms with Crippen molar-refractivity contribution in [2.75, 3.05) is 13.2 Å². The second kappa shape index (κ2) is 13.0. The lowest BCUT2D eigenvalue weighted by Gasteiger charge is -2.32. The summed E-state index contributed by atoms with van der Waals surface area (Å²) in [5.41, 5.74) is 3.49. The van der Waals surface area contributed by atoms with Crippen LogP contribution in [0.4, 0.5) is 4.79 Å². The molecule has 1 amide bonds. The first-order valence-corrected chi connectivity index (χ1v) is 14.0. The minimum absolute atomic E-state index is 0.0723. The van der Waals surface area contributed by atoms with E-state index in [4.69, 9.17) is 14.2 Å². The largest absolute Gasteiger partial charge is 0.489 e. The molecule has 1 aliphatic heterocycles. The van der Waals surface area contributed by atoms with Crippen molar-refractivity contribution >= 4 is 6.09 Å². The van der Waals surface area contributed by atoms with Crippen molar-refractivity contribution in [2.24, 2.45) is 5.92 Å². The van der Waals surface area contributed by atoms with Crippen LogP contribution in [-0.2, 0) is 22.7 Å². The van der Waals surface area contributed by atoms with Crippen molar-refractivity contribution in [1.29, 1.82) is 0 Å². The summed E-state index contributed by atoms with van der Waals surface area (Å²) in [5.74, 6) is 1.88. The fraction of sp³-hybridized carbons (Fsp3) is 0.424. The van der Waals surface area contributed by atoms with Gasteiger partial charge in [0.15, 0.2) is 0 Å². The molecule has 0 bridgehead atoms. The Morgan fingerprint density at radius 3 is 2.13 bits per heavy atom. The Labute approximate surface area is 226 Å². The Hall–Kier alpha value is -3.31. The minimum Gasteiger partial charge on any atom is -0.489 e. The summed E-state index contributed by atoms with van der Waals surface area (Å²) < 4.78 is 18.3. The lowest BCUT2D eigenvalue weighted by Crippen LogP contribution is -2.41. The molecular weight excluding hydrogens is 474 g/mol. The monoisotopic (exact) mass is 513 g/mol. The lowest BCUT2D eigenvalue weighted by atomic mass is 9.82. The van der Waals surface area contributed by atoms with Gasteiger partial charge in [0.05, 0.1) is 18.8 Å². The highest BCUT2D eigenvalue weighted by Gasteiger charge is 2.36. The van der Waals surface area contributed by atoms with Gasteiger partial charge in [-0.3, -0.25) is 0 Å². The van der Waals surface area contributed by atoms with Gasteiger partial charge in [-0.15, -0.1) is 0 Å². The van der Waals surface area contributed by atoms with E-state index in [-0.39, 0.29) is 18.2 Å². The maximum Gasteiger partial charge on any atom is 0.410 e. The number of nitrogens with zero attached hydrogens (tertiary/aromatic N) is 1. The van der Waals surface area contributed by atoms with Crippen LogP contribution in [0.15, 0.2) is 84.9 Å². The summed E-state index contributed by atoms with van der Waals surface area (Å²) in [4.78, 5) is 14.7. The normalized spacial score (nSPS) is 23.2. The Balaban J connectivity index is 1.10.